The molecule has 0 rings (SSSR count). The van der Waals surface area contributed by atoms with Gasteiger partial charge >= 0.3 is 5.97 Å². The van der Waals surface area contributed by atoms with Crippen molar-refractivity contribution in [2.75, 3.05) is 12.3 Å². The molecule has 0 aliphatic heterocycles. The van der Waals surface area contributed by atoms with E-state index in [-0.39, 0.29) is 0 Å². The Balaban J connectivity index is 5.00. The van der Waals surface area contributed by atoms with Crippen LogP contribution in [0.4, 0.5) is 0 Å². The fraction of sp³-hybridized carbons (Fsp3) is 0.769. The molecule has 0 fully saturated rings. The number of rotatable bonds is 8. The number of unbranched alkanes of at least 4 members (excludes halogenated alkanes) is 2. The maximum Gasteiger partial charge on any atom is 0.326 e. The zero-order valence-corrected chi connectivity index (χ0v) is 11.9. The van der Waals surface area contributed by atoms with Gasteiger partial charge in [-0.25, -0.2) is 0 Å². The number of hydrogen-bond acceptors (Lipinski definition) is 2. The quantitative estimate of drug-likeness (QED) is 0.536. The molecular formula is C13H23O3P. The van der Waals surface area contributed by atoms with E-state index in [1.807, 2.05) is 13.8 Å². The molecule has 0 heterocycles. The van der Waals surface area contributed by atoms with Crippen LogP contribution < -0.4 is 0 Å². The van der Waals surface area contributed by atoms with Gasteiger partial charge in [-0.3, -0.25) is 4.79 Å². The summed E-state index contributed by atoms with van der Waals surface area (Å²) in [6, 6.07) is 0. The van der Waals surface area contributed by atoms with Crippen molar-refractivity contribution in [3.05, 3.63) is 0 Å². The normalized spacial score (nSPS) is 12.6. The van der Waals surface area contributed by atoms with E-state index in [1.54, 1.807) is 6.92 Å². The molecule has 4 heteroatoms. The number of carboxylic acids is 1. The van der Waals surface area contributed by atoms with Crippen molar-refractivity contribution in [1.82, 2.24) is 0 Å². The van der Waals surface area contributed by atoms with Gasteiger partial charge in [0.15, 0.2) is 5.66 Å². The molecule has 1 atom stereocenters. The zero-order valence-electron chi connectivity index (χ0n) is 11.0. The molecule has 0 bridgehead atoms. The third kappa shape index (κ3) is 5.41. The largest absolute Gasteiger partial charge is 0.480 e. The zero-order chi connectivity index (χ0) is 13.3. The Hall–Kier alpha value is -0.740. The number of carboxylic acid groups (broad SMARTS) is 1. The summed E-state index contributed by atoms with van der Waals surface area (Å²) in [7, 11) is -2.71. The highest BCUT2D eigenvalue weighted by molar-refractivity contribution is 7.65. The molecule has 0 aromatic heterocycles. The van der Waals surface area contributed by atoms with Gasteiger partial charge < -0.3 is 9.67 Å². The van der Waals surface area contributed by atoms with E-state index in [1.165, 1.54) is 0 Å². The van der Waals surface area contributed by atoms with E-state index in [0.29, 0.717) is 12.3 Å². The second-order valence-corrected chi connectivity index (χ2v) is 7.56. The molecule has 98 valence electrons. The summed E-state index contributed by atoms with van der Waals surface area (Å²) >= 11 is 0. The first kappa shape index (κ1) is 16.3. The molecule has 17 heavy (non-hydrogen) atoms. The minimum absolute atomic E-state index is 0.509. The van der Waals surface area contributed by atoms with Gasteiger partial charge in [0.05, 0.1) is 0 Å². The summed E-state index contributed by atoms with van der Waals surface area (Å²) in [4.78, 5) is 11.2. The Morgan fingerprint density at radius 2 is 1.71 bits per heavy atom. The van der Waals surface area contributed by atoms with Gasteiger partial charge in [-0.2, -0.15) is 0 Å². The fourth-order valence-electron chi connectivity index (χ4n) is 1.74. The molecule has 0 aromatic rings. The maximum atomic E-state index is 12.8. The highest BCUT2D eigenvalue weighted by atomic mass is 31.2. The Labute approximate surface area is 104 Å². The number of aliphatic carboxylic acids is 1. The van der Waals surface area contributed by atoms with Crippen LogP contribution in [0.5, 0.6) is 0 Å². The summed E-state index contributed by atoms with van der Waals surface area (Å²) in [6.45, 7) is 5.64. The third-order valence-electron chi connectivity index (χ3n) is 2.77. The van der Waals surface area contributed by atoms with Crippen molar-refractivity contribution in [3.63, 3.8) is 0 Å². The minimum Gasteiger partial charge on any atom is -0.480 e. The topological polar surface area (TPSA) is 54.4 Å². The summed E-state index contributed by atoms with van der Waals surface area (Å²) < 4.78 is 12.8. The Morgan fingerprint density at radius 1 is 1.24 bits per heavy atom. The SMILES string of the molecule is CC#CC(C(=O)O)P(=O)(CCCC)CCCC. The molecule has 0 aromatic carbocycles. The minimum atomic E-state index is -2.71. The summed E-state index contributed by atoms with van der Waals surface area (Å²) in [5.74, 6) is 4.20. The average molecular weight is 258 g/mol. The van der Waals surface area contributed by atoms with E-state index < -0.39 is 18.8 Å². The molecular weight excluding hydrogens is 235 g/mol. The monoisotopic (exact) mass is 258 g/mol. The lowest BCUT2D eigenvalue weighted by molar-refractivity contribution is -0.135. The highest BCUT2D eigenvalue weighted by Crippen LogP contribution is 2.52. The molecule has 0 amide bonds. The van der Waals surface area contributed by atoms with Crippen molar-refractivity contribution >= 4 is 13.1 Å². The van der Waals surface area contributed by atoms with Crippen molar-refractivity contribution in [2.45, 2.75) is 52.1 Å². The molecule has 0 saturated carbocycles. The van der Waals surface area contributed by atoms with Gasteiger partial charge in [0.25, 0.3) is 0 Å². The second kappa shape index (κ2) is 8.37. The lowest BCUT2D eigenvalue weighted by atomic mass is 10.4. The molecule has 0 radical (unpaired) electrons. The van der Waals surface area contributed by atoms with Gasteiger partial charge in [-0.15, -0.1) is 5.92 Å². The summed E-state index contributed by atoms with van der Waals surface area (Å²) in [6.07, 6.45) is 4.51. The predicted octanol–water partition coefficient (Wildman–Crippen LogP) is 3.43. The fourth-order valence-corrected chi connectivity index (χ4v) is 4.95. The lowest BCUT2D eigenvalue weighted by Gasteiger charge is -2.21. The van der Waals surface area contributed by atoms with Crippen LogP contribution in [-0.2, 0) is 9.36 Å². The van der Waals surface area contributed by atoms with Crippen LogP contribution >= 0.6 is 7.14 Å². The van der Waals surface area contributed by atoms with E-state index in [4.69, 9.17) is 5.11 Å². The van der Waals surface area contributed by atoms with Gasteiger partial charge in [0, 0.05) is 12.3 Å². The van der Waals surface area contributed by atoms with E-state index in [0.717, 1.165) is 25.7 Å². The van der Waals surface area contributed by atoms with Crippen LogP contribution in [0.3, 0.4) is 0 Å². The molecule has 0 saturated heterocycles. The highest BCUT2D eigenvalue weighted by Gasteiger charge is 2.35. The van der Waals surface area contributed by atoms with Crippen molar-refractivity contribution in [1.29, 1.82) is 0 Å². The Bertz CT molecular complexity index is 326. The Kier molecular flexibility index (Phi) is 8.00. The second-order valence-electron chi connectivity index (χ2n) is 4.24. The van der Waals surface area contributed by atoms with E-state index in [9.17, 15) is 9.36 Å². The molecule has 0 aliphatic rings. The van der Waals surface area contributed by atoms with E-state index >= 15 is 0 Å². The lowest BCUT2D eigenvalue weighted by Crippen LogP contribution is -2.22. The van der Waals surface area contributed by atoms with Gasteiger partial charge in [0.1, 0.15) is 7.14 Å². The van der Waals surface area contributed by atoms with E-state index in [2.05, 4.69) is 11.8 Å². The number of carbonyl (C=O) groups is 1. The van der Waals surface area contributed by atoms with Gasteiger partial charge in [-0.05, 0) is 19.8 Å². The van der Waals surface area contributed by atoms with Gasteiger partial charge in [-0.1, -0.05) is 32.6 Å². The van der Waals surface area contributed by atoms with Crippen LogP contribution in [0.15, 0.2) is 0 Å². The number of hydrogen-bond donors (Lipinski definition) is 1. The summed E-state index contributed by atoms with van der Waals surface area (Å²) in [5, 5.41) is 9.16. The molecule has 1 N–H and O–H groups in total. The maximum absolute atomic E-state index is 12.8. The first-order valence-electron chi connectivity index (χ1n) is 6.24. The molecule has 3 nitrogen and oxygen atoms in total. The van der Waals surface area contributed by atoms with Crippen molar-refractivity contribution in [2.24, 2.45) is 0 Å². The predicted molar refractivity (Wildman–Crippen MR) is 72.0 cm³/mol. The molecule has 0 aliphatic carbocycles. The molecule has 0 spiro atoms. The van der Waals surface area contributed by atoms with Crippen LogP contribution in [0.25, 0.3) is 0 Å². The van der Waals surface area contributed by atoms with Crippen LogP contribution in [-0.4, -0.2) is 29.1 Å². The third-order valence-corrected chi connectivity index (χ3v) is 6.20. The summed E-state index contributed by atoms with van der Waals surface area (Å²) in [5.41, 5.74) is -0.967. The van der Waals surface area contributed by atoms with Crippen LogP contribution in [0.2, 0.25) is 0 Å². The Morgan fingerprint density at radius 3 is 2.00 bits per heavy atom. The standard InChI is InChI=1S/C13H23O3P/c1-4-7-10-17(16,11-8-5-2)12(9-6-3)13(14)15/h12H,4-5,7-8,10-11H2,1-3H3,(H,14,15). The first-order valence-corrected chi connectivity index (χ1v) is 8.39. The van der Waals surface area contributed by atoms with Crippen molar-refractivity contribution in [3.8, 4) is 11.8 Å². The molecule has 1 unspecified atom stereocenters. The van der Waals surface area contributed by atoms with Crippen LogP contribution in [0.1, 0.15) is 46.5 Å². The smallest absolute Gasteiger partial charge is 0.326 e. The van der Waals surface area contributed by atoms with Crippen molar-refractivity contribution < 1.29 is 14.5 Å². The van der Waals surface area contributed by atoms with Crippen LogP contribution in [0, 0.1) is 11.8 Å². The van der Waals surface area contributed by atoms with Gasteiger partial charge in [0.2, 0.25) is 0 Å². The average Bonchev–Trinajstić information content (AvgIpc) is 2.30. The first-order chi connectivity index (χ1) is 8.01.